The summed E-state index contributed by atoms with van der Waals surface area (Å²) in [6.07, 6.45) is 2.98. The highest BCUT2D eigenvalue weighted by atomic mass is 16.5. The molecule has 32 heavy (non-hydrogen) atoms. The van der Waals surface area contributed by atoms with Crippen molar-refractivity contribution in [2.75, 3.05) is 33.8 Å². The molecule has 8 nitrogen and oxygen atoms in total. The summed E-state index contributed by atoms with van der Waals surface area (Å²) in [5, 5.41) is 6.89. The van der Waals surface area contributed by atoms with Gasteiger partial charge in [-0.05, 0) is 31.8 Å². The molecule has 0 bridgehead atoms. The van der Waals surface area contributed by atoms with Crippen LogP contribution in [0.15, 0.2) is 71.6 Å². The molecule has 4 rings (SSSR count). The molecule has 0 radical (unpaired) electrons. The molecular formula is C24H27N3O5. The van der Waals surface area contributed by atoms with Crippen molar-refractivity contribution in [1.29, 1.82) is 0 Å². The van der Waals surface area contributed by atoms with Crippen molar-refractivity contribution >= 4 is 12.4 Å². The predicted molar refractivity (Wildman–Crippen MR) is 119 cm³/mol. The lowest BCUT2D eigenvalue weighted by molar-refractivity contribution is -0.122. The monoisotopic (exact) mass is 437 g/mol. The van der Waals surface area contributed by atoms with Gasteiger partial charge in [0, 0.05) is 24.2 Å². The number of rotatable bonds is 5. The van der Waals surface area contributed by atoms with Gasteiger partial charge in [0.05, 0.1) is 24.9 Å². The number of carbonyl (C=O) groups excluding carboxylic acids is 1. The molecule has 0 saturated carbocycles. The highest BCUT2D eigenvalue weighted by Gasteiger charge is 2.36. The minimum atomic E-state index is -0.250. The van der Waals surface area contributed by atoms with Crippen LogP contribution in [0.2, 0.25) is 0 Å². The van der Waals surface area contributed by atoms with Gasteiger partial charge in [-0.1, -0.05) is 42.5 Å². The standard InChI is InChI=1S/C23H25N3O3.CH2O2/c1-25(2)15-21-22(18-6-4-3-5-7-18)26(12-13-28-21)23(27)19-10-8-17(9-11-19)20-14-24-16-29-20;2-1-3/h3-11,14,16,21-22H,12-13,15H2,1-2H3;1H,(H,2,3)/t21-,22-;/m0./s1. The normalized spacial score (nSPS) is 18.0. The van der Waals surface area contributed by atoms with E-state index in [2.05, 4.69) is 22.0 Å². The molecule has 168 valence electrons. The number of ether oxygens (including phenoxy) is 1. The molecule has 8 heteroatoms. The Morgan fingerprint density at radius 3 is 2.47 bits per heavy atom. The van der Waals surface area contributed by atoms with Crippen LogP contribution in [-0.2, 0) is 9.53 Å². The second kappa shape index (κ2) is 11.2. The minimum Gasteiger partial charge on any atom is -0.483 e. The Bertz CT molecular complexity index is 975. The number of amides is 1. The molecule has 2 aromatic carbocycles. The van der Waals surface area contributed by atoms with Crippen LogP contribution >= 0.6 is 0 Å². The molecule has 1 amide bonds. The predicted octanol–water partition coefficient (Wildman–Crippen LogP) is 3.19. The molecule has 1 N–H and O–H groups in total. The van der Waals surface area contributed by atoms with Crippen molar-refractivity contribution in [3.63, 3.8) is 0 Å². The van der Waals surface area contributed by atoms with E-state index < -0.39 is 0 Å². The quantitative estimate of drug-likeness (QED) is 0.613. The molecule has 3 aromatic rings. The lowest BCUT2D eigenvalue weighted by Crippen LogP contribution is -2.51. The molecule has 1 aromatic heterocycles. The highest BCUT2D eigenvalue weighted by Crippen LogP contribution is 2.31. The van der Waals surface area contributed by atoms with Gasteiger partial charge in [-0.25, -0.2) is 4.98 Å². The van der Waals surface area contributed by atoms with Gasteiger partial charge in [0.25, 0.3) is 12.4 Å². The van der Waals surface area contributed by atoms with Crippen LogP contribution < -0.4 is 0 Å². The highest BCUT2D eigenvalue weighted by molar-refractivity contribution is 5.95. The van der Waals surface area contributed by atoms with Gasteiger partial charge >= 0.3 is 0 Å². The average Bonchev–Trinajstić information content (AvgIpc) is 3.34. The number of nitrogens with zero attached hydrogens (tertiary/aromatic N) is 3. The van der Waals surface area contributed by atoms with Gasteiger partial charge in [0.1, 0.15) is 0 Å². The van der Waals surface area contributed by atoms with E-state index in [0.29, 0.717) is 24.5 Å². The number of carbonyl (C=O) groups is 2. The summed E-state index contributed by atoms with van der Waals surface area (Å²) in [5.41, 5.74) is 2.64. The average molecular weight is 437 g/mol. The van der Waals surface area contributed by atoms with Crippen molar-refractivity contribution in [2.24, 2.45) is 0 Å². The first-order valence-corrected chi connectivity index (χ1v) is 10.2. The Kier molecular flexibility index (Phi) is 8.13. The number of hydrogen-bond donors (Lipinski definition) is 1. The molecular weight excluding hydrogens is 410 g/mol. The molecule has 0 aliphatic carbocycles. The summed E-state index contributed by atoms with van der Waals surface area (Å²) in [4.78, 5) is 29.8. The topological polar surface area (TPSA) is 96.1 Å². The van der Waals surface area contributed by atoms with E-state index in [9.17, 15) is 4.79 Å². The van der Waals surface area contributed by atoms with E-state index in [1.165, 1.54) is 6.39 Å². The number of aromatic nitrogens is 1. The van der Waals surface area contributed by atoms with Crippen molar-refractivity contribution < 1.29 is 23.8 Å². The van der Waals surface area contributed by atoms with Crippen molar-refractivity contribution in [2.45, 2.75) is 12.1 Å². The molecule has 1 aliphatic heterocycles. The third-order valence-corrected chi connectivity index (χ3v) is 5.15. The number of benzene rings is 2. The van der Waals surface area contributed by atoms with Gasteiger partial charge < -0.3 is 24.1 Å². The van der Waals surface area contributed by atoms with Crippen molar-refractivity contribution in [1.82, 2.24) is 14.8 Å². The SMILES string of the molecule is CN(C)C[C@@H]1OCCN(C(=O)c2ccc(-c3cnco3)cc2)[C@H]1c1ccccc1.O=CO. The lowest BCUT2D eigenvalue weighted by Gasteiger charge is -2.42. The Hall–Kier alpha value is -3.49. The first-order chi connectivity index (χ1) is 15.5. The van der Waals surface area contributed by atoms with Gasteiger partial charge in [-0.3, -0.25) is 9.59 Å². The summed E-state index contributed by atoms with van der Waals surface area (Å²) in [5.74, 6) is 0.693. The van der Waals surface area contributed by atoms with E-state index >= 15 is 0 Å². The van der Waals surface area contributed by atoms with E-state index in [-0.39, 0.29) is 24.5 Å². The van der Waals surface area contributed by atoms with E-state index in [1.54, 1.807) is 6.20 Å². The molecule has 2 heterocycles. The third kappa shape index (κ3) is 5.60. The fourth-order valence-electron chi connectivity index (χ4n) is 3.82. The van der Waals surface area contributed by atoms with Crippen LogP contribution in [0.5, 0.6) is 0 Å². The van der Waals surface area contributed by atoms with Crippen LogP contribution in [0.25, 0.3) is 11.3 Å². The van der Waals surface area contributed by atoms with Crippen LogP contribution in [0.4, 0.5) is 0 Å². The van der Waals surface area contributed by atoms with E-state index in [1.807, 2.05) is 61.5 Å². The Balaban J connectivity index is 0.000000913. The summed E-state index contributed by atoms with van der Waals surface area (Å²) in [7, 11) is 4.04. The second-order valence-corrected chi connectivity index (χ2v) is 7.57. The lowest BCUT2D eigenvalue weighted by atomic mass is 9.96. The Morgan fingerprint density at radius 1 is 1.19 bits per heavy atom. The van der Waals surface area contributed by atoms with Crippen LogP contribution in [0.3, 0.4) is 0 Å². The van der Waals surface area contributed by atoms with Crippen LogP contribution in [0, 0.1) is 0 Å². The first kappa shape index (κ1) is 23.2. The largest absolute Gasteiger partial charge is 0.483 e. The van der Waals surface area contributed by atoms with Gasteiger partial charge in [0.15, 0.2) is 12.2 Å². The zero-order chi connectivity index (χ0) is 22.9. The molecule has 0 unspecified atom stereocenters. The molecule has 0 spiro atoms. The first-order valence-electron chi connectivity index (χ1n) is 10.2. The maximum atomic E-state index is 13.4. The number of likely N-dealkylation sites (N-methyl/N-ethyl adjacent to an activating group) is 1. The molecule has 2 atom stereocenters. The number of oxazole rings is 1. The van der Waals surface area contributed by atoms with Crippen molar-refractivity contribution in [3.8, 4) is 11.3 Å². The zero-order valence-corrected chi connectivity index (χ0v) is 18.1. The van der Waals surface area contributed by atoms with Crippen LogP contribution in [-0.4, -0.2) is 72.2 Å². The Labute approximate surface area is 187 Å². The van der Waals surface area contributed by atoms with E-state index in [0.717, 1.165) is 17.7 Å². The van der Waals surface area contributed by atoms with Crippen molar-refractivity contribution in [3.05, 3.63) is 78.3 Å². The summed E-state index contributed by atoms with van der Waals surface area (Å²) in [6, 6.07) is 17.5. The summed E-state index contributed by atoms with van der Waals surface area (Å²) < 4.78 is 11.4. The number of morpholine rings is 1. The summed E-state index contributed by atoms with van der Waals surface area (Å²) >= 11 is 0. The van der Waals surface area contributed by atoms with E-state index in [4.69, 9.17) is 19.1 Å². The summed E-state index contributed by atoms with van der Waals surface area (Å²) in [6.45, 7) is 1.59. The van der Waals surface area contributed by atoms with Gasteiger partial charge in [-0.2, -0.15) is 0 Å². The molecule has 1 aliphatic rings. The van der Waals surface area contributed by atoms with Gasteiger partial charge in [-0.15, -0.1) is 0 Å². The number of carboxylic acid groups (broad SMARTS) is 1. The Morgan fingerprint density at radius 2 is 1.88 bits per heavy atom. The maximum Gasteiger partial charge on any atom is 0.290 e. The zero-order valence-electron chi connectivity index (χ0n) is 18.1. The van der Waals surface area contributed by atoms with Crippen LogP contribution in [0.1, 0.15) is 22.0 Å². The second-order valence-electron chi connectivity index (χ2n) is 7.57. The maximum absolute atomic E-state index is 13.4. The molecule has 1 saturated heterocycles. The molecule has 1 fully saturated rings. The smallest absolute Gasteiger partial charge is 0.290 e. The fraction of sp³-hybridized carbons (Fsp3) is 0.292. The fourth-order valence-corrected chi connectivity index (χ4v) is 3.82. The third-order valence-electron chi connectivity index (χ3n) is 5.15. The minimum absolute atomic E-state index is 0.00929. The van der Waals surface area contributed by atoms with Gasteiger partial charge in [0.2, 0.25) is 0 Å². The number of hydrogen-bond acceptors (Lipinski definition) is 6.